The molecule has 1 atom stereocenters. The average Bonchev–Trinajstić information content (AvgIpc) is 3.56. The van der Waals surface area contributed by atoms with Gasteiger partial charge in [-0.05, 0) is 74.2 Å². The molecule has 7 rings (SSSR count). The van der Waals surface area contributed by atoms with Crippen LogP contribution in [0.4, 0.5) is 20.3 Å². The van der Waals surface area contributed by atoms with Gasteiger partial charge in [0.25, 0.3) is 6.43 Å². The van der Waals surface area contributed by atoms with Crippen LogP contribution in [0.2, 0.25) is 5.02 Å². The highest BCUT2D eigenvalue weighted by Crippen LogP contribution is 2.40. The summed E-state index contributed by atoms with van der Waals surface area (Å²) in [4.78, 5) is 33.4. The van der Waals surface area contributed by atoms with E-state index in [4.69, 9.17) is 21.3 Å². The van der Waals surface area contributed by atoms with Crippen LogP contribution in [0.15, 0.2) is 60.8 Å². The zero-order chi connectivity index (χ0) is 37.2. The molecule has 3 N–H and O–H groups in total. The van der Waals surface area contributed by atoms with Gasteiger partial charge in [0.05, 0.1) is 35.4 Å². The van der Waals surface area contributed by atoms with Crippen LogP contribution in [0.25, 0.3) is 33.4 Å². The van der Waals surface area contributed by atoms with Crippen molar-refractivity contribution in [3.8, 4) is 28.3 Å². The molecule has 2 fully saturated rings. The minimum absolute atomic E-state index is 0.163. The predicted octanol–water partition coefficient (Wildman–Crippen LogP) is 7.27. The number of piperidine rings is 1. The van der Waals surface area contributed by atoms with Crippen molar-refractivity contribution in [3.05, 3.63) is 88.3 Å². The van der Waals surface area contributed by atoms with Crippen LogP contribution >= 0.6 is 11.6 Å². The van der Waals surface area contributed by atoms with Gasteiger partial charge in [-0.3, -0.25) is 19.6 Å². The molecular formula is C39H40ClF2N7O4. The number of carbonyl (C=O) groups is 1. The monoisotopic (exact) mass is 743 g/mol. The molecule has 5 heterocycles. The molecule has 2 aliphatic rings. The number of methoxy groups -OCH3 is 1. The van der Waals surface area contributed by atoms with Crippen molar-refractivity contribution >= 4 is 40.1 Å². The fraction of sp³-hybridized carbons (Fsp3) is 0.359. The first-order valence-electron chi connectivity index (χ1n) is 17.6. The summed E-state index contributed by atoms with van der Waals surface area (Å²) < 4.78 is 33.7. The smallest absolute Gasteiger partial charge is 0.306 e. The first kappa shape index (κ1) is 36.5. The fourth-order valence-corrected chi connectivity index (χ4v) is 7.51. The minimum Gasteiger partial charge on any atom is -0.481 e. The second-order valence-electron chi connectivity index (χ2n) is 13.6. The van der Waals surface area contributed by atoms with E-state index in [2.05, 4.69) is 30.1 Å². The van der Waals surface area contributed by atoms with E-state index in [1.54, 1.807) is 19.4 Å². The molecule has 0 bridgehead atoms. The van der Waals surface area contributed by atoms with E-state index < -0.39 is 18.2 Å². The van der Waals surface area contributed by atoms with Crippen molar-refractivity contribution in [2.75, 3.05) is 38.6 Å². The first-order chi connectivity index (χ1) is 25.6. The second-order valence-corrected chi connectivity index (χ2v) is 14.0. The molecular weight excluding hydrogens is 704 g/mol. The van der Waals surface area contributed by atoms with Gasteiger partial charge in [0.2, 0.25) is 5.88 Å². The first-order valence-corrected chi connectivity index (χ1v) is 18.0. The molecule has 0 unspecified atom stereocenters. The van der Waals surface area contributed by atoms with Crippen LogP contribution in [0.5, 0.6) is 5.88 Å². The summed E-state index contributed by atoms with van der Waals surface area (Å²) >= 11 is 7.12. The molecule has 14 heteroatoms. The second kappa shape index (κ2) is 15.7. The van der Waals surface area contributed by atoms with E-state index in [9.17, 15) is 23.8 Å². The lowest BCUT2D eigenvalue weighted by atomic mass is 9.96. The molecule has 276 valence electrons. The van der Waals surface area contributed by atoms with Crippen molar-refractivity contribution < 1.29 is 28.5 Å². The number of alkyl halides is 2. The van der Waals surface area contributed by atoms with E-state index in [-0.39, 0.29) is 17.8 Å². The Morgan fingerprint density at radius 1 is 0.981 bits per heavy atom. The number of β-amino-alcohol motifs (C(OH)–C–C–N with tert-alkyl or cyclic N) is 1. The third-order valence-corrected chi connectivity index (χ3v) is 10.5. The van der Waals surface area contributed by atoms with Crippen LogP contribution < -0.4 is 10.1 Å². The molecule has 5 aromatic rings. The number of aliphatic hydroxyl groups is 1. The number of pyridine rings is 2. The minimum atomic E-state index is -2.89. The Labute approximate surface area is 310 Å². The Morgan fingerprint density at radius 3 is 2.43 bits per heavy atom. The number of halogens is 3. The maximum Gasteiger partial charge on any atom is 0.306 e. The van der Waals surface area contributed by atoms with Gasteiger partial charge in [-0.2, -0.15) is 0 Å². The lowest BCUT2D eigenvalue weighted by molar-refractivity contribution is -0.143. The summed E-state index contributed by atoms with van der Waals surface area (Å²) in [7, 11) is 1.58. The lowest BCUT2D eigenvalue weighted by Gasteiger charge is -2.30. The van der Waals surface area contributed by atoms with Crippen LogP contribution in [0.3, 0.4) is 0 Å². The zero-order valence-corrected chi connectivity index (χ0v) is 30.2. The van der Waals surface area contributed by atoms with Gasteiger partial charge in [0, 0.05) is 54.8 Å². The number of hydrogen-bond donors (Lipinski definition) is 3. The largest absolute Gasteiger partial charge is 0.481 e. The number of aliphatic hydroxyl groups excluding tert-OH is 1. The fourth-order valence-electron chi connectivity index (χ4n) is 7.19. The number of nitrogens with zero attached hydrogens (tertiary/aromatic N) is 6. The Bertz CT molecular complexity index is 2150. The third-order valence-electron chi connectivity index (χ3n) is 10.1. The summed E-state index contributed by atoms with van der Waals surface area (Å²) in [6.07, 6.45) is 0.346. The van der Waals surface area contributed by atoms with Gasteiger partial charge < -0.3 is 20.3 Å². The highest BCUT2D eigenvalue weighted by molar-refractivity contribution is 6.36. The van der Waals surface area contributed by atoms with Gasteiger partial charge in [-0.1, -0.05) is 48.0 Å². The number of benzene rings is 2. The number of fused-ring (bicyclic) bond motifs is 1. The molecule has 2 aliphatic heterocycles. The Balaban J connectivity index is 1.16. The summed E-state index contributed by atoms with van der Waals surface area (Å²) in [6, 6.07) is 17.0. The van der Waals surface area contributed by atoms with E-state index in [1.165, 1.54) is 0 Å². The van der Waals surface area contributed by atoms with E-state index in [0.29, 0.717) is 90.9 Å². The van der Waals surface area contributed by atoms with E-state index in [0.717, 1.165) is 34.4 Å². The SMILES string of the molecule is COc1nc(-c2cccc(-c3cccc(Nc4nc(C(F)F)nc5cc(CN6CC[C@@H](O)C6)cnc45)c3C)c2Cl)ccc1CN1CCC(C(=O)O)CC1. The van der Waals surface area contributed by atoms with Crippen molar-refractivity contribution in [2.45, 2.75) is 51.8 Å². The van der Waals surface area contributed by atoms with Gasteiger partial charge in [0.15, 0.2) is 11.6 Å². The summed E-state index contributed by atoms with van der Waals surface area (Å²) in [5, 5.41) is 23.0. The summed E-state index contributed by atoms with van der Waals surface area (Å²) in [5.74, 6) is -1.01. The highest BCUT2D eigenvalue weighted by atomic mass is 35.5. The highest BCUT2D eigenvalue weighted by Gasteiger charge is 2.26. The molecule has 0 aliphatic carbocycles. The quantitative estimate of drug-likeness (QED) is 0.126. The van der Waals surface area contributed by atoms with E-state index in [1.807, 2.05) is 55.5 Å². The molecule has 0 radical (unpaired) electrons. The number of carboxylic acids is 1. The maximum atomic E-state index is 14.0. The van der Waals surface area contributed by atoms with Gasteiger partial charge in [-0.25, -0.2) is 23.7 Å². The molecule has 2 aromatic carbocycles. The molecule has 0 spiro atoms. The number of ether oxygens (including phenoxy) is 1. The zero-order valence-electron chi connectivity index (χ0n) is 29.4. The maximum absolute atomic E-state index is 14.0. The number of rotatable bonds is 11. The summed E-state index contributed by atoms with van der Waals surface area (Å²) in [6.45, 7) is 5.71. The topological polar surface area (TPSA) is 137 Å². The number of aliphatic carboxylic acids is 1. The van der Waals surface area contributed by atoms with Crippen molar-refractivity contribution in [1.29, 1.82) is 0 Å². The lowest BCUT2D eigenvalue weighted by Crippen LogP contribution is -2.35. The van der Waals surface area contributed by atoms with Crippen LogP contribution in [-0.4, -0.2) is 85.3 Å². The number of likely N-dealkylation sites (tertiary alicyclic amines) is 2. The number of hydrogen-bond acceptors (Lipinski definition) is 10. The van der Waals surface area contributed by atoms with Crippen LogP contribution in [-0.2, 0) is 17.9 Å². The van der Waals surface area contributed by atoms with Crippen LogP contribution in [0.1, 0.15) is 48.2 Å². The normalized spacial score (nSPS) is 17.2. The van der Waals surface area contributed by atoms with Gasteiger partial charge >= 0.3 is 5.97 Å². The number of carboxylic acid groups (broad SMARTS) is 1. The van der Waals surface area contributed by atoms with E-state index >= 15 is 0 Å². The van der Waals surface area contributed by atoms with Crippen LogP contribution in [0, 0.1) is 12.8 Å². The van der Waals surface area contributed by atoms with Crippen molar-refractivity contribution in [1.82, 2.24) is 29.7 Å². The molecule has 3 aromatic heterocycles. The standard InChI is InChI=1S/C39H40ClF2N7O4/c1-22-27(28-6-3-7-29(33(28)40)31-10-9-25(38(46-31)53-2)20-48-14-11-24(12-15-48)39(51)52)5-4-8-30(22)44-36-34-32(45-37(47-36)35(41)42)17-23(18-43-34)19-49-16-13-26(50)21-49/h3-10,17-18,24,26,35,50H,11-16,19-21H2,1-2H3,(H,51,52)(H,44,45,47)/t26-/m1/s1. The van der Waals surface area contributed by atoms with Gasteiger partial charge in [0.1, 0.15) is 5.52 Å². The average molecular weight is 744 g/mol. The van der Waals surface area contributed by atoms with Crippen molar-refractivity contribution in [2.24, 2.45) is 5.92 Å². The number of aromatic nitrogens is 4. The van der Waals surface area contributed by atoms with Gasteiger partial charge in [-0.15, -0.1) is 0 Å². The van der Waals surface area contributed by atoms with Crippen molar-refractivity contribution in [3.63, 3.8) is 0 Å². The molecule has 0 saturated carbocycles. The molecule has 2 saturated heterocycles. The summed E-state index contributed by atoms with van der Waals surface area (Å²) in [5.41, 5.74) is 6.74. The number of nitrogens with one attached hydrogen (secondary N) is 1. The Morgan fingerprint density at radius 2 is 1.72 bits per heavy atom. The predicted molar refractivity (Wildman–Crippen MR) is 199 cm³/mol. The Kier molecular flexibility index (Phi) is 10.8. The molecule has 11 nitrogen and oxygen atoms in total. The number of anilines is 2. The molecule has 53 heavy (non-hydrogen) atoms. The Hall–Kier alpha value is -4.82. The molecule has 0 amide bonds. The third kappa shape index (κ3) is 7.93.